The lowest BCUT2D eigenvalue weighted by Gasteiger charge is -2.37. The molecule has 0 spiro atoms. The normalized spacial score (nSPS) is 17.4. The van der Waals surface area contributed by atoms with E-state index in [-0.39, 0.29) is 41.5 Å². The van der Waals surface area contributed by atoms with Gasteiger partial charge in [0.25, 0.3) is 0 Å². The van der Waals surface area contributed by atoms with Crippen molar-refractivity contribution < 1.29 is 18.7 Å². The second-order valence-corrected chi connectivity index (χ2v) is 8.54. The first-order valence-electron chi connectivity index (χ1n) is 11.5. The van der Waals surface area contributed by atoms with Crippen molar-refractivity contribution in [3.05, 3.63) is 53.0 Å². The maximum absolute atomic E-state index is 14.5. The number of piperazine rings is 1. The molecule has 2 aliphatic rings. The van der Waals surface area contributed by atoms with E-state index < -0.39 is 17.7 Å². The predicted molar refractivity (Wildman–Crippen MR) is 126 cm³/mol. The summed E-state index contributed by atoms with van der Waals surface area (Å²) in [5.74, 6) is -0.636. The van der Waals surface area contributed by atoms with Gasteiger partial charge < -0.3 is 14.9 Å². The highest BCUT2D eigenvalue weighted by Gasteiger charge is 2.34. The van der Waals surface area contributed by atoms with Crippen molar-refractivity contribution in [3.63, 3.8) is 0 Å². The van der Waals surface area contributed by atoms with E-state index in [9.17, 15) is 18.7 Å². The summed E-state index contributed by atoms with van der Waals surface area (Å²) in [7, 11) is 1.58. The van der Waals surface area contributed by atoms with Gasteiger partial charge >= 0.3 is 6.03 Å². The predicted octanol–water partition coefficient (Wildman–Crippen LogP) is 1.59. The van der Waals surface area contributed by atoms with Crippen molar-refractivity contribution in [1.82, 2.24) is 34.6 Å². The van der Waals surface area contributed by atoms with Crippen LogP contribution in [0, 0.1) is 23.0 Å². The first-order chi connectivity index (χ1) is 17.9. The van der Waals surface area contributed by atoms with Crippen LogP contribution in [0.4, 0.5) is 19.5 Å². The molecule has 0 bridgehead atoms. The third-order valence-corrected chi connectivity index (χ3v) is 6.18. The molecule has 12 nitrogen and oxygen atoms in total. The number of halogens is 2. The molecule has 2 aliphatic heterocycles. The highest BCUT2D eigenvalue weighted by Crippen LogP contribution is 2.31. The maximum Gasteiger partial charge on any atom is 0.341 e. The molecule has 1 unspecified atom stereocenters. The van der Waals surface area contributed by atoms with Gasteiger partial charge in [-0.2, -0.15) is 15.5 Å². The summed E-state index contributed by atoms with van der Waals surface area (Å²) in [4.78, 5) is 29.3. The molecule has 1 atom stereocenters. The summed E-state index contributed by atoms with van der Waals surface area (Å²) in [6.45, 7) is 1.05. The Bertz CT molecular complexity index is 1410. The van der Waals surface area contributed by atoms with Gasteiger partial charge in [0.2, 0.25) is 5.95 Å². The van der Waals surface area contributed by atoms with Gasteiger partial charge in [0.15, 0.2) is 17.5 Å². The number of hydrazone groups is 1. The zero-order valence-electron chi connectivity index (χ0n) is 19.8. The number of aliphatic hydroxyl groups excluding tert-OH is 1. The number of amides is 2. The standard InChI is InChI=1S/C23H22F2N10O2/c1-32-21(29-19(13-36)31-32)20-17(25)12-27-22(30-20)33-4-6-34(7-5-33)23(37)35-18(2-3-28-35)15-8-14(11-26)9-16(24)10-15/h3,8-10,12,18,36H,2,4-7,13H2,1H3. The molecule has 4 heterocycles. The first-order valence-corrected chi connectivity index (χ1v) is 11.5. The number of aryl methyl sites for hydroxylation is 1. The molecule has 2 amide bonds. The van der Waals surface area contributed by atoms with Crippen LogP contribution in [0.3, 0.4) is 0 Å². The Labute approximate surface area is 210 Å². The van der Waals surface area contributed by atoms with Crippen molar-refractivity contribution in [1.29, 1.82) is 5.26 Å². The van der Waals surface area contributed by atoms with Crippen molar-refractivity contribution >= 4 is 18.2 Å². The molecule has 1 saturated heterocycles. The largest absolute Gasteiger partial charge is 0.388 e. The summed E-state index contributed by atoms with van der Waals surface area (Å²) >= 11 is 0. The Balaban J connectivity index is 1.28. The van der Waals surface area contributed by atoms with Gasteiger partial charge in [-0.05, 0) is 23.8 Å². The van der Waals surface area contributed by atoms with Gasteiger partial charge in [-0.1, -0.05) is 0 Å². The summed E-state index contributed by atoms with van der Waals surface area (Å²) in [5.41, 5.74) is 0.635. The quantitative estimate of drug-likeness (QED) is 0.561. The van der Waals surface area contributed by atoms with Crippen LogP contribution in [0.1, 0.15) is 29.4 Å². The molecule has 2 aromatic heterocycles. The maximum atomic E-state index is 14.5. The topological polar surface area (TPSA) is 140 Å². The van der Waals surface area contributed by atoms with E-state index in [4.69, 9.17) is 5.26 Å². The number of aromatic nitrogens is 5. The number of benzene rings is 1. The molecule has 14 heteroatoms. The summed E-state index contributed by atoms with van der Waals surface area (Å²) < 4.78 is 29.8. The number of anilines is 1. The highest BCUT2D eigenvalue weighted by atomic mass is 19.1. The van der Waals surface area contributed by atoms with Gasteiger partial charge in [0.05, 0.1) is 23.9 Å². The molecule has 0 saturated carbocycles. The Kier molecular flexibility index (Phi) is 6.45. The monoisotopic (exact) mass is 508 g/mol. The Hall–Kier alpha value is -4.51. The van der Waals surface area contributed by atoms with Crippen LogP contribution in [0.15, 0.2) is 29.5 Å². The van der Waals surface area contributed by atoms with E-state index in [1.807, 2.05) is 11.0 Å². The number of urea groups is 1. The van der Waals surface area contributed by atoms with Crippen LogP contribution in [0.2, 0.25) is 0 Å². The third-order valence-electron chi connectivity index (χ3n) is 6.18. The number of hydrogen-bond donors (Lipinski definition) is 1. The SMILES string of the molecule is Cn1nc(CO)nc1-c1nc(N2CCN(C(=O)N3N=CCC3c3cc(F)cc(C#N)c3)CC2)ncc1F. The smallest absolute Gasteiger partial charge is 0.341 e. The third kappa shape index (κ3) is 4.68. The van der Waals surface area contributed by atoms with Gasteiger partial charge in [0.1, 0.15) is 18.1 Å². The second kappa shape index (κ2) is 9.86. The minimum Gasteiger partial charge on any atom is -0.388 e. The molecule has 1 aromatic carbocycles. The molecule has 1 fully saturated rings. The summed E-state index contributed by atoms with van der Waals surface area (Å²) in [6, 6.07) is 5.10. The number of nitriles is 1. The van der Waals surface area contributed by atoms with Crippen LogP contribution in [0.25, 0.3) is 11.5 Å². The average molecular weight is 508 g/mol. The van der Waals surface area contributed by atoms with E-state index in [1.54, 1.807) is 24.2 Å². The fraction of sp³-hybridized carbons (Fsp3) is 0.348. The molecule has 3 aromatic rings. The number of carbonyl (C=O) groups is 1. The molecule has 0 aliphatic carbocycles. The number of aliphatic hydroxyl groups is 1. The molecule has 0 radical (unpaired) electrons. The number of hydrogen-bond acceptors (Lipinski definition) is 9. The van der Waals surface area contributed by atoms with E-state index in [1.165, 1.54) is 15.8 Å². The van der Waals surface area contributed by atoms with Crippen LogP contribution in [-0.2, 0) is 13.7 Å². The second-order valence-electron chi connectivity index (χ2n) is 8.54. The molecule has 1 N–H and O–H groups in total. The van der Waals surface area contributed by atoms with Crippen molar-refractivity contribution in [2.45, 2.75) is 19.1 Å². The van der Waals surface area contributed by atoms with Gasteiger partial charge in [-0.25, -0.2) is 38.2 Å². The molecule has 37 heavy (non-hydrogen) atoms. The minimum absolute atomic E-state index is 0.0423. The van der Waals surface area contributed by atoms with Crippen LogP contribution >= 0.6 is 0 Å². The van der Waals surface area contributed by atoms with E-state index in [0.29, 0.717) is 38.2 Å². The van der Waals surface area contributed by atoms with E-state index in [2.05, 4.69) is 25.2 Å². The van der Waals surface area contributed by atoms with Gasteiger partial charge in [-0.3, -0.25) is 0 Å². The lowest BCUT2D eigenvalue weighted by Crippen LogP contribution is -2.52. The Morgan fingerprint density at radius 2 is 1.97 bits per heavy atom. The van der Waals surface area contributed by atoms with Crippen molar-refractivity contribution in [3.8, 4) is 17.6 Å². The zero-order valence-corrected chi connectivity index (χ0v) is 19.8. The summed E-state index contributed by atoms with van der Waals surface area (Å²) in [6.07, 6.45) is 3.06. The van der Waals surface area contributed by atoms with Crippen molar-refractivity contribution in [2.24, 2.45) is 12.1 Å². The number of nitrogens with zero attached hydrogens (tertiary/aromatic N) is 10. The number of rotatable bonds is 4. The van der Waals surface area contributed by atoms with Crippen LogP contribution in [-0.4, -0.2) is 78.2 Å². The van der Waals surface area contributed by atoms with E-state index in [0.717, 1.165) is 12.3 Å². The highest BCUT2D eigenvalue weighted by molar-refractivity contribution is 5.79. The molecule has 190 valence electrons. The zero-order chi connectivity index (χ0) is 26.1. The molecular formula is C23H22F2N10O2. The van der Waals surface area contributed by atoms with Crippen LogP contribution < -0.4 is 4.90 Å². The average Bonchev–Trinajstić information content (AvgIpc) is 3.55. The lowest BCUT2D eigenvalue weighted by molar-refractivity contribution is 0.139. The van der Waals surface area contributed by atoms with Gasteiger partial charge in [0, 0.05) is 45.9 Å². The first kappa shape index (κ1) is 24.2. The summed E-state index contributed by atoms with van der Waals surface area (Å²) in [5, 5.41) is 28.0. The lowest BCUT2D eigenvalue weighted by atomic mass is 10.0. The van der Waals surface area contributed by atoms with E-state index >= 15 is 0 Å². The molecular weight excluding hydrogens is 486 g/mol. The fourth-order valence-corrected chi connectivity index (χ4v) is 4.36. The van der Waals surface area contributed by atoms with Gasteiger partial charge in [-0.15, -0.1) is 0 Å². The Morgan fingerprint density at radius 1 is 1.19 bits per heavy atom. The van der Waals surface area contributed by atoms with Crippen molar-refractivity contribution in [2.75, 3.05) is 31.1 Å². The minimum atomic E-state index is -0.674. The Morgan fingerprint density at radius 3 is 2.68 bits per heavy atom. The molecule has 5 rings (SSSR count). The van der Waals surface area contributed by atoms with Crippen LogP contribution in [0.5, 0.6) is 0 Å². The number of carbonyl (C=O) groups excluding carboxylic acids is 1. The fourth-order valence-electron chi connectivity index (χ4n) is 4.36.